The van der Waals surface area contributed by atoms with Gasteiger partial charge in [-0.15, -0.1) is 0 Å². The summed E-state index contributed by atoms with van der Waals surface area (Å²) in [6.07, 6.45) is 7.30. The summed E-state index contributed by atoms with van der Waals surface area (Å²) in [6.45, 7) is 0.0523. The molecule has 0 saturated heterocycles. The van der Waals surface area contributed by atoms with Crippen LogP contribution in [-0.4, -0.2) is 11.3 Å². The third-order valence-electron chi connectivity index (χ3n) is 5.82. The number of carbonyl (C=O) groups is 1. The molecule has 0 atom stereocenters. The van der Waals surface area contributed by atoms with Crippen molar-refractivity contribution < 1.29 is 19.0 Å². The first-order valence-electron chi connectivity index (χ1n) is 11.3. The number of aryl methyl sites for hydroxylation is 1. The van der Waals surface area contributed by atoms with E-state index >= 15 is 0 Å². The van der Waals surface area contributed by atoms with E-state index in [-0.39, 0.29) is 28.7 Å². The van der Waals surface area contributed by atoms with E-state index in [2.05, 4.69) is 58.5 Å². The molecule has 1 aliphatic carbocycles. The predicted molar refractivity (Wildman–Crippen MR) is 136 cm³/mol. The number of rotatable bonds is 6. The molecular weight excluding hydrogens is 479 g/mol. The lowest BCUT2D eigenvalue weighted by Gasteiger charge is -2.10. The summed E-state index contributed by atoms with van der Waals surface area (Å²) in [5.41, 5.74) is 7.09. The number of hydrogen-bond donors (Lipinski definition) is 0. The quantitative estimate of drug-likeness (QED) is 0.264. The van der Waals surface area contributed by atoms with Crippen molar-refractivity contribution >= 4 is 17.9 Å². The highest BCUT2D eigenvalue weighted by Crippen LogP contribution is 2.33. The number of nitrogens with zero attached hydrogens (tertiary/aromatic N) is 2. The minimum Gasteiger partial charge on any atom is -0.488 e. The van der Waals surface area contributed by atoms with Crippen LogP contribution < -0.4 is 9.68 Å². The van der Waals surface area contributed by atoms with Crippen molar-refractivity contribution in [1.29, 1.82) is 5.26 Å². The summed E-state index contributed by atoms with van der Waals surface area (Å²) in [5, 5.41) is 8.74. The van der Waals surface area contributed by atoms with E-state index in [1.165, 1.54) is 54.9 Å². The Morgan fingerprint density at radius 3 is 2.61 bits per heavy atom. The zero-order valence-corrected chi connectivity index (χ0v) is 20.0. The summed E-state index contributed by atoms with van der Waals surface area (Å²) < 4.78 is 17.7. The van der Waals surface area contributed by atoms with E-state index in [9.17, 15) is 9.32 Å². The average molecular weight is 501 g/mol. The van der Waals surface area contributed by atoms with E-state index in [0.717, 1.165) is 0 Å². The van der Waals surface area contributed by atoms with Gasteiger partial charge in [0.2, 0.25) is 0 Å². The van der Waals surface area contributed by atoms with E-state index < -0.39 is 0 Å². The monoisotopic (exact) mass is 500 g/mol. The second-order valence-electron chi connectivity index (χ2n) is 8.16. The Bertz CT molecular complexity index is 1400. The third kappa shape index (κ3) is 5.88. The molecule has 5 rings (SSSR count). The molecule has 36 heavy (non-hydrogen) atoms. The number of hydrogen-bond acceptors (Lipinski definition) is 5. The van der Waals surface area contributed by atoms with Crippen molar-refractivity contribution in [2.75, 3.05) is 0 Å². The van der Waals surface area contributed by atoms with Gasteiger partial charge in [-0.1, -0.05) is 60.1 Å². The fraction of sp³-hybridized carbons (Fsp3) is 0.138. The van der Waals surface area contributed by atoms with Gasteiger partial charge in [0.1, 0.15) is 18.4 Å². The van der Waals surface area contributed by atoms with E-state index in [0.29, 0.717) is 17.4 Å². The standard InChI is InChI=1S/C15H14.C14H8ClFN2O3/c1-2-6-12(7-3-1)14-10-4-8-13-9-5-11-15(13)14;15-12-2-11(7-19)13(3-14(12)21-16)20-8-10-1-9(4-17)5-18-6-10/h1-4,6-8,10H,5,9,11H2;1-3,5-7H,8H2. The van der Waals surface area contributed by atoms with Crippen molar-refractivity contribution in [1.82, 2.24) is 4.98 Å². The number of aromatic nitrogens is 1. The van der Waals surface area contributed by atoms with Gasteiger partial charge in [0.25, 0.3) is 0 Å². The Hall–Kier alpha value is -4.21. The van der Waals surface area contributed by atoms with Crippen LogP contribution in [0.4, 0.5) is 4.53 Å². The number of halogens is 2. The molecule has 1 aliphatic rings. The Morgan fingerprint density at radius 2 is 1.86 bits per heavy atom. The number of ether oxygens (including phenoxy) is 1. The maximum Gasteiger partial charge on any atom is 0.194 e. The maximum atomic E-state index is 12.3. The van der Waals surface area contributed by atoms with Gasteiger partial charge in [-0.05, 0) is 53.6 Å². The number of benzene rings is 3. The van der Waals surface area contributed by atoms with Gasteiger partial charge in [0.15, 0.2) is 12.0 Å². The molecule has 0 bridgehead atoms. The van der Waals surface area contributed by atoms with Gasteiger partial charge in [-0.2, -0.15) is 5.26 Å². The van der Waals surface area contributed by atoms with E-state index in [1.807, 2.05) is 6.07 Å². The zero-order valence-electron chi connectivity index (χ0n) is 19.3. The Balaban J connectivity index is 0.000000178. The second kappa shape index (κ2) is 12.0. The number of carbonyl (C=O) groups excluding carboxylic acids is 1. The van der Waals surface area contributed by atoms with Gasteiger partial charge < -0.3 is 4.74 Å². The molecule has 1 heterocycles. The van der Waals surface area contributed by atoms with Crippen LogP contribution in [0.2, 0.25) is 5.02 Å². The van der Waals surface area contributed by atoms with Crippen LogP contribution in [0.5, 0.6) is 11.5 Å². The zero-order chi connectivity index (χ0) is 25.3. The first kappa shape index (κ1) is 24.9. The molecule has 0 saturated carbocycles. The van der Waals surface area contributed by atoms with Crippen LogP contribution in [0.25, 0.3) is 11.1 Å². The molecule has 0 amide bonds. The van der Waals surface area contributed by atoms with E-state index in [4.69, 9.17) is 21.6 Å². The largest absolute Gasteiger partial charge is 0.488 e. The van der Waals surface area contributed by atoms with E-state index in [1.54, 1.807) is 17.2 Å². The normalized spacial score (nSPS) is 11.5. The Morgan fingerprint density at radius 1 is 1.03 bits per heavy atom. The molecule has 0 unspecified atom stereocenters. The van der Waals surface area contributed by atoms with Gasteiger partial charge >= 0.3 is 0 Å². The number of nitriles is 1. The predicted octanol–water partition coefficient (Wildman–Crippen LogP) is 7.10. The molecule has 0 fully saturated rings. The smallest absolute Gasteiger partial charge is 0.194 e. The number of pyridine rings is 1. The second-order valence-corrected chi connectivity index (χ2v) is 8.57. The van der Waals surface area contributed by atoms with Crippen molar-refractivity contribution in [3.05, 3.63) is 112 Å². The fourth-order valence-corrected chi connectivity index (χ4v) is 4.32. The van der Waals surface area contributed by atoms with Crippen LogP contribution in [-0.2, 0) is 19.4 Å². The molecule has 3 aromatic carbocycles. The molecule has 1 aromatic heterocycles. The molecule has 7 heteroatoms. The fourth-order valence-electron chi connectivity index (χ4n) is 4.12. The van der Waals surface area contributed by atoms with Crippen LogP contribution in [0, 0.1) is 11.3 Å². The number of aldehydes is 1. The highest BCUT2D eigenvalue weighted by atomic mass is 35.5. The molecule has 0 radical (unpaired) electrons. The third-order valence-corrected chi connectivity index (χ3v) is 6.12. The maximum absolute atomic E-state index is 12.3. The molecule has 0 aliphatic heterocycles. The molecule has 0 N–H and O–H groups in total. The molecule has 5 nitrogen and oxygen atoms in total. The van der Waals surface area contributed by atoms with Crippen LogP contribution in [0.15, 0.2) is 79.1 Å². The lowest BCUT2D eigenvalue weighted by Crippen LogP contribution is -2.00. The molecule has 0 spiro atoms. The summed E-state index contributed by atoms with van der Waals surface area (Å²) in [6, 6.07) is 23.4. The highest BCUT2D eigenvalue weighted by Gasteiger charge is 2.15. The summed E-state index contributed by atoms with van der Waals surface area (Å²) in [5.74, 6) is -0.134. The highest BCUT2D eigenvalue weighted by molar-refractivity contribution is 6.32. The lowest BCUT2D eigenvalue weighted by molar-refractivity contribution is -0.00637. The van der Waals surface area contributed by atoms with Crippen LogP contribution in [0.1, 0.15) is 39.0 Å². The SMILES string of the molecule is N#Cc1cncc(COc2cc(OF)c(Cl)cc2C=O)c1.c1ccc(-c2cccc3c2CCC3)cc1. The Labute approximate surface area is 213 Å². The van der Waals surface area contributed by atoms with Gasteiger partial charge in [0.05, 0.1) is 16.1 Å². The molecule has 180 valence electrons. The summed E-state index contributed by atoms with van der Waals surface area (Å²) >= 11 is 5.71. The van der Waals surface area contributed by atoms with Crippen LogP contribution in [0.3, 0.4) is 0 Å². The van der Waals surface area contributed by atoms with Gasteiger partial charge in [-0.25, -0.2) is 0 Å². The minimum atomic E-state index is -0.249. The lowest BCUT2D eigenvalue weighted by atomic mass is 9.97. The van der Waals surface area contributed by atoms with Crippen molar-refractivity contribution in [2.45, 2.75) is 25.9 Å². The number of fused-ring (bicyclic) bond motifs is 1. The van der Waals surface area contributed by atoms with Crippen LogP contribution >= 0.6 is 11.6 Å². The first-order chi connectivity index (χ1) is 17.6. The van der Waals surface area contributed by atoms with Crippen molar-refractivity contribution in [3.8, 4) is 28.7 Å². The van der Waals surface area contributed by atoms with Crippen molar-refractivity contribution in [3.63, 3.8) is 0 Å². The van der Waals surface area contributed by atoms with Gasteiger partial charge in [-0.3, -0.25) is 14.7 Å². The Kier molecular flexibility index (Phi) is 8.28. The topological polar surface area (TPSA) is 72.2 Å². The molecule has 4 aromatic rings. The first-order valence-corrected chi connectivity index (χ1v) is 11.7. The molecular formula is C29H22ClFN2O3. The van der Waals surface area contributed by atoms with Gasteiger partial charge in [0, 0.05) is 28.5 Å². The summed E-state index contributed by atoms with van der Waals surface area (Å²) in [7, 11) is 0. The minimum absolute atomic E-state index is 0.0416. The average Bonchev–Trinajstić information content (AvgIpc) is 3.42. The summed E-state index contributed by atoms with van der Waals surface area (Å²) in [4.78, 5) is 18.4. The van der Waals surface area contributed by atoms with Crippen molar-refractivity contribution in [2.24, 2.45) is 0 Å².